The van der Waals surface area contributed by atoms with E-state index in [0.717, 1.165) is 18.5 Å². The Morgan fingerprint density at radius 1 is 1.11 bits per heavy atom. The summed E-state index contributed by atoms with van der Waals surface area (Å²) >= 11 is 0. The number of aromatic nitrogens is 3. The third-order valence-electron chi connectivity index (χ3n) is 2.50. The molecule has 5 heteroatoms. The molecule has 0 saturated heterocycles. The molecule has 2 rings (SSSR count). The Bertz CT molecular complexity index is 458. The highest BCUT2D eigenvalue weighted by atomic mass is 16.5. The van der Waals surface area contributed by atoms with E-state index in [0.29, 0.717) is 19.0 Å². The number of ether oxygens (including phenoxy) is 1. The smallest absolute Gasteiger partial charge is 0.232 e. The number of pyridine rings is 1. The summed E-state index contributed by atoms with van der Waals surface area (Å²) in [5.74, 6) is 0.543. The molecule has 2 aromatic rings. The van der Waals surface area contributed by atoms with Gasteiger partial charge in [-0.15, -0.1) is 0 Å². The highest BCUT2D eigenvalue weighted by molar-refractivity contribution is 5.10. The first kappa shape index (κ1) is 12.4. The zero-order valence-corrected chi connectivity index (χ0v) is 10.1. The minimum Gasteiger partial charge on any atom is -0.477 e. The highest BCUT2D eigenvalue weighted by Crippen LogP contribution is 2.06. The maximum atomic E-state index is 5.50. The van der Waals surface area contributed by atoms with Crippen LogP contribution in [-0.2, 0) is 13.0 Å². The van der Waals surface area contributed by atoms with Crippen LogP contribution in [0.1, 0.15) is 17.7 Å². The average Bonchev–Trinajstić information content (AvgIpc) is 2.45. The predicted molar refractivity (Wildman–Crippen MR) is 68.0 cm³/mol. The van der Waals surface area contributed by atoms with Crippen molar-refractivity contribution in [1.29, 1.82) is 0 Å². The molecule has 2 N–H and O–H groups in total. The van der Waals surface area contributed by atoms with Crippen molar-refractivity contribution in [2.75, 3.05) is 6.61 Å². The summed E-state index contributed by atoms with van der Waals surface area (Å²) in [6.07, 6.45) is 8.74. The van der Waals surface area contributed by atoms with E-state index >= 15 is 0 Å². The van der Waals surface area contributed by atoms with E-state index in [1.807, 2.05) is 12.1 Å². The molecule has 0 bridgehead atoms. The molecule has 0 saturated carbocycles. The molecule has 0 spiro atoms. The van der Waals surface area contributed by atoms with E-state index in [1.54, 1.807) is 24.8 Å². The van der Waals surface area contributed by atoms with E-state index < -0.39 is 0 Å². The first-order valence-electron chi connectivity index (χ1n) is 5.91. The third-order valence-corrected chi connectivity index (χ3v) is 2.50. The number of hydrogen-bond acceptors (Lipinski definition) is 5. The summed E-state index contributed by atoms with van der Waals surface area (Å²) in [5, 5.41) is 0. The van der Waals surface area contributed by atoms with Crippen LogP contribution < -0.4 is 10.5 Å². The number of hydrogen-bond donors (Lipinski definition) is 1. The van der Waals surface area contributed by atoms with Gasteiger partial charge in [-0.05, 0) is 30.5 Å². The minimum atomic E-state index is 0.398. The quantitative estimate of drug-likeness (QED) is 0.776. The minimum absolute atomic E-state index is 0.398. The molecule has 0 unspecified atom stereocenters. The Morgan fingerprint density at radius 2 is 1.94 bits per heavy atom. The van der Waals surface area contributed by atoms with Crippen LogP contribution in [0.3, 0.4) is 0 Å². The molecule has 0 aliphatic carbocycles. The zero-order valence-electron chi connectivity index (χ0n) is 10.1. The molecule has 0 aromatic carbocycles. The van der Waals surface area contributed by atoms with Crippen LogP contribution in [0.25, 0.3) is 0 Å². The molecule has 0 radical (unpaired) electrons. The largest absolute Gasteiger partial charge is 0.477 e. The topological polar surface area (TPSA) is 73.9 Å². The first-order chi connectivity index (χ1) is 8.88. The fourth-order valence-corrected chi connectivity index (χ4v) is 1.53. The van der Waals surface area contributed by atoms with Gasteiger partial charge < -0.3 is 10.5 Å². The SMILES string of the molecule is NCc1cnc(OCCCc2ccncc2)cn1. The maximum absolute atomic E-state index is 5.50. The lowest BCUT2D eigenvalue weighted by Gasteiger charge is -2.05. The lowest BCUT2D eigenvalue weighted by Crippen LogP contribution is -2.04. The fraction of sp³-hybridized carbons (Fsp3) is 0.308. The molecule has 0 aliphatic rings. The van der Waals surface area contributed by atoms with Crippen molar-refractivity contribution < 1.29 is 4.74 Å². The van der Waals surface area contributed by atoms with E-state index in [4.69, 9.17) is 10.5 Å². The second-order valence-electron chi connectivity index (χ2n) is 3.86. The van der Waals surface area contributed by atoms with Gasteiger partial charge in [-0.2, -0.15) is 0 Å². The van der Waals surface area contributed by atoms with E-state index in [-0.39, 0.29) is 0 Å². The molecule has 0 atom stereocenters. The van der Waals surface area contributed by atoms with Gasteiger partial charge in [0.25, 0.3) is 0 Å². The zero-order chi connectivity index (χ0) is 12.6. The molecule has 0 amide bonds. The summed E-state index contributed by atoms with van der Waals surface area (Å²) in [6.45, 7) is 1.02. The molecule has 94 valence electrons. The van der Waals surface area contributed by atoms with Gasteiger partial charge in [0.15, 0.2) is 0 Å². The first-order valence-corrected chi connectivity index (χ1v) is 5.91. The second-order valence-corrected chi connectivity index (χ2v) is 3.86. The number of nitrogens with two attached hydrogens (primary N) is 1. The lowest BCUT2D eigenvalue weighted by molar-refractivity contribution is 0.297. The predicted octanol–water partition coefficient (Wildman–Crippen LogP) is 1.34. The number of nitrogens with zero attached hydrogens (tertiary/aromatic N) is 3. The fourth-order valence-electron chi connectivity index (χ4n) is 1.53. The molecule has 2 heterocycles. The molecule has 2 aromatic heterocycles. The van der Waals surface area contributed by atoms with Gasteiger partial charge in [0.05, 0.1) is 24.7 Å². The molecule has 0 aliphatic heterocycles. The summed E-state index contributed by atoms with van der Waals surface area (Å²) in [7, 11) is 0. The average molecular weight is 244 g/mol. The maximum Gasteiger partial charge on any atom is 0.232 e. The normalized spacial score (nSPS) is 10.3. The van der Waals surface area contributed by atoms with Gasteiger partial charge in [-0.25, -0.2) is 4.98 Å². The van der Waals surface area contributed by atoms with Crippen LogP contribution in [0.4, 0.5) is 0 Å². The number of aryl methyl sites for hydroxylation is 1. The van der Waals surface area contributed by atoms with Crippen LogP contribution >= 0.6 is 0 Å². The van der Waals surface area contributed by atoms with Crippen molar-refractivity contribution in [2.24, 2.45) is 5.73 Å². The van der Waals surface area contributed by atoms with Crippen molar-refractivity contribution in [3.63, 3.8) is 0 Å². The van der Waals surface area contributed by atoms with Gasteiger partial charge in [0.2, 0.25) is 5.88 Å². The standard InChI is InChI=1S/C13H16N4O/c14-8-12-9-17-13(10-16-12)18-7-1-2-11-3-5-15-6-4-11/h3-6,9-10H,1-2,7-8,14H2. The van der Waals surface area contributed by atoms with E-state index in [2.05, 4.69) is 15.0 Å². The Morgan fingerprint density at radius 3 is 2.61 bits per heavy atom. The molecule has 18 heavy (non-hydrogen) atoms. The molecular weight excluding hydrogens is 228 g/mol. The van der Waals surface area contributed by atoms with Crippen molar-refractivity contribution >= 4 is 0 Å². The molecule has 5 nitrogen and oxygen atoms in total. The van der Waals surface area contributed by atoms with Crippen LogP contribution in [-0.4, -0.2) is 21.6 Å². The number of rotatable bonds is 6. The Labute approximate surface area is 106 Å². The van der Waals surface area contributed by atoms with Gasteiger partial charge in [0.1, 0.15) is 0 Å². The van der Waals surface area contributed by atoms with Crippen molar-refractivity contribution in [2.45, 2.75) is 19.4 Å². The van der Waals surface area contributed by atoms with Crippen molar-refractivity contribution in [3.05, 3.63) is 48.2 Å². The van der Waals surface area contributed by atoms with Crippen LogP contribution in [0.2, 0.25) is 0 Å². The van der Waals surface area contributed by atoms with Crippen molar-refractivity contribution in [1.82, 2.24) is 15.0 Å². The van der Waals surface area contributed by atoms with E-state index in [9.17, 15) is 0 Å². The van der Waals surface area contributed by atoms with Crippen molar-refractivity contribution in [3.8, 4) is 5.88 Å². The van der Waals surface area contributed by atoms with Gasteiger partial charge in [0, 0.05) is 18.9 Å². The van der Waals surface area contributed by atoms with Crippen LogP contribution in [0, 0.1) is 0 Å². The van der Waals surface area contributed by atoms with Crippen LogP contribution in [0.15, 0.2) is 36.9 Å². The summed E-state index contributed by atoms with van der Waals surface area (Å²) < 4.78 is 5.50. The van der Waals surface area contributed by atoms with Gasteiger partial charge >= 0.3 is 0 Å². The Kier molecular flexibility index (Phi) is 4.60. The summed E-state index contributed by atoms with van der Waals surface area (Å²) in [5.41, 5.74) is 7.46. The monoisotopic (exact) mass is 244 g/mol. The molecule has 0 fully saturated rings. The van der Waals surface area contributed by atoms with Crippen LogP contribution in [0.5, 0.6) is 5.88 Å². The van der Waals surface area contributed by atoms with E-state index in [1.165, 1.54) is 5.56 Å². The van der Waals surface area contributed by atoms with Gasteiger partial charge in [-0.3, -0.25) is 9.97 Å². The van der Waals surface area contributed by atoms with Gasteiger partial charge in [-0.1, -0.05) is 0 Å². The summed E-state index contributed by atoms with van der Waals surface area (Å²) in [6, 6.07) is 4.02. The lowest BCUT2D eigenvalue weighted by atomic mass is 10.1. The third kappa shape index (κ3) is 3.78. The Hall–Kier alpha value is -2.01. The Balaban J connectivity index is 1.72. The second kappa shape index (κ2) is 6.66. The summed E-state index contributed by atoms with van der Waals surface area (Å²) in [4.78, 5) is 12.2. The highest BCUT2D eigenvalue weighted by Gasteiger charge is 1.98. The molecular formula is C13H16N4O.